The van der Waals surface area contributed by atoms with Gasteiger partial charge in [0.25, 0.3) is 0 Å². The maximum atomic E-state index is 15.6. The Kier molecular flexibility index (Phi) is 6.60. The topological polar surface area (TPSA) is 26.0 Å². The van der Waals surface area contributed by atoms with Gasteiger partial charge >= 0.3 is 0 Å². The van der Waals surface area contributed by atoms with E-state index < -0.39 is 0 Å². The first kappa shape index (κ1) is 27.0. The minimum Gasteiger partial charge on any atom is -0.455 e. The summed E-state index contributed by atoms with van der Waals surface area (Å²) in [6.45, 7) is 6.48. The van der Waals surface area contributed by atoms with Crippen molar-refractivity contribution in [1.82, 2.24) is 4.98 Å². The third-order valence-corrected chi connectivity index (χ3v) is 7.71. The number of furan rings is 1. The summed E-state index contributed by atoms with van der Waals surface area (Å²) in [6, 6.07) is 28.3. The molecule has 6 rings (SSSR count). The molecule has 0 saturated heterocycles. The van der Waals surface area contributed by atoms with E-state index in [0.29, 0.717) is 33.6 Å². The third-order valence-electron chi connectivity index (χ3n) is 7.71. The van der Waals surface area contributed by atoms with Gasteiger partial charge in [-0.05, 0) is 51.9 Å². The Morgan fingerprint density at radius 2 is 1.39 bits per heavy atom. The molecule has 0 unspecified atom stereocenters. The fourth-order valence-corrected chi connectivity index (χ4v) is 6.29. The van der Waals surface area contributed by atoms with E-state index in [2.05, 4.69) is 36.5 Å². The quantitative estimate of drug-likeness (QED) is 0.206. The standard InChI is InChI=1S/C35H31B2F2NO/c1-34(2,3)20-35(36,37)27-19-40-30(18-29(27)39)26-14-8-13-24-25-15-16-28(38)31(33(25)41-32(24)26)23-12-7-11-22(17-23)21-9-5-4-6-10-21/h4-19H,20,36-37H2,1-3H3. The molecule has 6 aromatic rings. The van der Waals surface area contributed by atoms with Crippen molar-refractivity contribution >= 4 is 37.6 Å². The van der Waals surface area contributed by atoms with E-state index in [1.54, 1.807) is 12.3 Å². The molecule has 0 bridgehead atoms. The highest BCUT2D eigenvalue weighted by Crippen LogP contribution is 2.42. The van der Waals surface area contributed by atoms with Crippen molar-refractivity contribution < 1.29 is 13.2 Å². The van der Waals surface area contributed by atoms with Gasteiger partial charge in [0, 0.05) is 28.6 Å². The van der Waals surface area contributed by atoms with Crippen molar-refractivity contribution in [2.75, 3.05) is 0 Å². The summed E-state index contributed by atoms with van der Waals surface area (Å²) in [4.78, 5) is 4.70. The average Bonchev–Trinajstić information content (AvgIpc) is 3.30. The number of hydrogen-bond donors (Lipinski definition) is 0. The largest absolute Gasteiger partial charge is 0.455 e. The van der Waals surface area contributed by atoms with Crippen LogP contribution in [0.1, 0.15) is 32.8 Å². The van der Waals surface area contributed by atoms with Gasteiger partial charge in [0.2, 0.25) is 0 Å². The lowest BCUT2D eigenvalue weighted by atomic mass is 9.47. The molecule has 41 heavy (non-hydrogen) atoms. The van der Waals surface area contributed by atoms with Crippen LogP contribution in [0.2, 0.25) is 0 Å². The van der Waals surface area contributed by atoms with Gasteiger partial charge in [-0.1, -0.05) is 93.1 Å². The normalized spacial score (nSPS) is 12.3. The number of rotatable bonds is 5. The fourth-order valence-electron chi connectivity index (χ4n) is 6.29. The van der Waals surface area contributed by atoms with Crippen LogP contribution in [0, 0.1) is 17.0 Å². The molecule has 0 amide bonds. The minimum atomic E-state index is -0.375. The fraction of sp³-hybridized carbons (Fsp3) is 0.171. The molecule has 4 aromatic carbocycles. The highest BCUT2D eigenvalue weighted by Gasteiger charge is 2.30. The summed E-state index contributed by atoms with van der Waals surface area (Å²) in [5, 5.41) is 1.25. The van der Waals surface area contributed by atoms with E-state index in [0.717, 1.165) is 33.9 Å². The first-order valence-electron chi connectivity index (χ1n) is 14.0. The van der Waals surface area contributed by atoms with E-state index in [4.69, 9.17) is 9.40 Å². The van der Waals surface area contributed by atoms with Crippen molar-refractivity contribution in [1.29, 1.82) is 0 Å². The summed E-state index contributed by atoms with van der Waals surface area (Å²) in [7, 11) is 4.11. The third kappa shape index (κ3) is 5.08. The predicted octanol–water partition coefficient (Wildman–Crippen LogP) is 8.12. The molecular weight excluding hydrogens is 510 g/mol. The molecule has 2 nitrogen and oxygen atoms in total. The van der Waals surface area contributed by atoms with Crippen LogP contribution in [0.4, 0.5) is 8.78 Å². The number of pyridine rings is 1. The van der Waals surface area contributed by atoms with Crippen LogP contribution in [0.3, 0.4) is 0 Å². The van der Waals surface area contributed by atoms with Crippen molar-refractivity contribution in [3.8, 4) is 33.5 Å². The summed E-state index contributed by atoms with van der Waals surface area (Å²) < 4.78 is 37.6. The molecule has 2 heterocycles. The Balaban J connectivity index is 1.49. The predicted molar refractivity (Wildman–Crippen MR) is 171 cm³/mol. The Labute approximate surface area is 241 Å². The molecule has 0 aliphatic heterocycles. The smallest absolute Gasteiger partial charge is 0.146 e. The molecule has 0 atom stereocenters. The van der Waals surface area contributed by atoms with Gasteiger partial charge in [0.1, 0.15) is 38.5 Å². The monoisotopic (exact) mass is 541 g/mol. The number of aromatic nitrogens is 1. The Morgan fingerprint density at radius 3 is 2.12 bits per heavy atom. The SMILES string of the molecule is BC(B)(CC(C)(C)C)c1cnc(-c2cccc3c2oc2c(-c4cccc(-c5ccccc5)c4)c(F)ccc23)cc1F. The minimum absolute atomic E-state index is 0.0437. The van der Waals surface area contributed by atoms with Gasteiger partial charge < -0.3 is 4.42 Å². The van der Waals surface area contributed by atoms with Gasteiger partial charge in [0.05, 0.1) is 11.3 Å². The molecule has 0 spiro atoms. The van der Waals surface area contributed by atoms with Gasteiger partial charge in [-0.15, -0.1) is 0 Å². The maximum absolute atomic E-state index is 15.6. The first-order valence-corrected chi connectivity index (χ1v) is 14.0. The second kappa shape index (κ2) is 10.0. The van der Waals surface area contributed by atoms with E-state index in [9.17, 15) is 0 Å². The van der Waals surface area contributed by atoms with Gasteiger partial charge in [-0.25, -0.2) is 8.78 Å². The molecule has 0 N–H and O–H groups in total. The summed E-state index contributed by atoms with van der Waals surface area (Å²) >= 11 is 0. The number of nitrogens with zero attached hydrogens (tertiary/aromatic N) is 1. The van der Waals surface area contributed by atoms with Crippen LogP contribution in [0.25, 0.3) is 55.4 Å². The highest BCUT2D eigenvalue weighted by molar-refractivity contribution is 6.40. The van der Waals surface area contributed by atoms with E-state index >= 15 is 8.78 Å². The molecule has 0 saturated carbocycles. The van der Waals surface area contributed by atoms with Crippen LogP contribution in [-0.2, 0) is 5.21 Å². The van der Waals surface area contributed by atoms with Gasteiger partial charge in [-0.2, -0.15) is 0 Å². The lowest BCUT2D eigenvalue weighted by Crippen LogP contribution is -2.33. The molecule has 0 fully saturated rings. The van der Waals surface area contributed by atoms with Crippen LogP contribution >= 0.6 is 0 Å². The lowest BCUT2D eigenvalue weighted by Gasteiger charge is -2.33. The molecular formula is C35H31B2F2NO. The van der Waals surface area contributed by atoms with Crippen molar-refractivity contribution in [3.05, 3.63) is 114 Å². The zero-order chi connectivity index (χ0) is 28.9. The maximum Gasteiger partial charge on any atom is 0.146 e. The van der Waals surface area contributed by atoms with Crippen LogP contribution in [0.15, 0.2) is 102 Å². The Hall–Kier alpha value is -4.18. The average molecular weight is 541 g/mol. The summed E-state index contributed by atoms with van der Waals surface area (Å²) in [5.41, 5.74) is 5.98. The van der Waals surface area contributed by atoms with Gasteiger partial charge in [-0.3, -0.25) is 4.98 Å². The number of benzene rings is 4. The number of halogens is 2. The number of para-hydroxylation sites is 1. The summed E-state index contributed by atoms with van der Waals surface area (Å²) in [5.74, 6) is -0.653. The highest BCUT2D eigenvalue weighted by atomic mass is 19.1. The first-order chi connectivity index (χ1) is 19.5. The van der Waals surface area contributed by atoms with Crippen LogP contribution < -0.4 is 0 Å². The second-order valence-corrected chi connectivity index (χ2v) is 12.7. The molecule has 6 heteroatoms. The second-order valence-electron chi connectivity index (χ2n) is 12.7. The molecule has 0 radical (unpaired) electrons. The van der Waals surface area contributed by atoms with Crippen molar-refractivity contribution in [2.45, 2.75) is 32.4 Å². The van der Waals surface area contributed by atoms with Crippen molar-refractivity contribution in [3.63, 3.8) is 0 Å². The molecule has 0 aliphatic rings. The lowest BCUT2D eigenvalue weighted by molar-refractivity contribution is 0.353. The van der Waals surface area contributed by atoms with Crippen LogP contribution in [-0.4, -0.2) is 20.7 Å². The van der Waals surface area contributed by atoms with Crippen LogP contribution in [0.5, 0.6) is 0 Å². The Morgan fingerprint density at radius 1 is 0.707 bits per heavy atom. The molecule has 202 valence electrons. The zero-order valence-electron chi connectivity index (χ0n) is 24.1. The van der Waals surface area contributed by atoms with Crippen molar-refractivity contribution in [2.24, 2.45) is 5.41 Å². The van der Waals surface area contributed by atoms with E-state index in [-0.39, 0.29) is 22.3 Å². The number of fused-ring (bicyclic) bond motifs is 3. The zero-order valence-corrected chi connectivity index (χ0v) is 24.1. The van der Waals surface area contributed by atoms with Gasteiger partial charge in [0.15, 0.2) is 0 Å². The molecule has 2 aromatic heterocycles. The molecule has 0 aliphatic carbocycles. The summed E-state index contributed by atoms with van der Waals surface area (Å²) in [6.07, 6.45) is 2.47. The van der Waals surface area contributed by atoms with E-state index in [1.807, 2.05) is 72.8 Å². The number of hydrogen-bond acceptors (Lipinski definition) is 2. The van der Waals surface area contributed by atoms with E-state index in [1.165, 1.54) is 12.1 Å². The Bertz CT molecular complexity index is 1910.